The molecule has 1 fully saturated rings. The van der Waals surface area contributed by atoms with Gasteiger partial charge in [0.2, 0.25) is 17.7 Å². The highest BCUT2D eigenvalue weighted by molar-refractivity contribution is 6.30. The predicted molar refractivity (Wildman–Crippen MR) is 86.7 cm³/mol. The van der Waals surface area contributed by atoms with E-state index in [1.165, 1.54) is 0 Å². The van der Waals surface area contributed by atoms with Gasteiger partial charge >= 0.3 is 0 Å². The largest absolute Gasteiger partial charge is 0.419 e. The highest BCUT2D eigenvalue weighted by atomic mass is 35.5. The first kappa shape index (κ1) is 16.0. The molecule has 0 saturated carbocycles. The summed E-state index contributed by atoms with van der Waals surface area (Å²) in [6, 6.07) is 7.32. The molecule has 1 amide bonds. The van der Waals surface area contributed by atoms with Gasteiger partial charge in [-0.2, -0.15) is 0 Å². The summed E-state index contributed by atoms with van der Waals surface area (Å²) in [6.45, 7) is 3.62. The van der Waals surface area contributed by atoms with Gasteiger partial charge in [-0.15, -0.1) is 10.2 Å². The average molecular weight is 335 g/mol. The van der Waals surface area contributed by atoms with Gasteiger partial charge in [0.25, 0.3) is 0 Å². The van der Waals surface area contributed by atoms with Crippen molar-refractivity contribution < 1.29 is 9.21 Å². The van der Waals surface area contributed by atoms with E-state index in [2.05, 4.69) is 15.1 Å². The molecule has 1 aliphatic heterocycles. The number of hydrogen-bond donors (Lipinski definition) is 1. The Labute approximate surface area is 139 Å². The number of nitrogens with two attached hydrogens (primary N) is 1. The van der Waals surface area contributed by atoms with Crippen LogP contribution in [0.4, 0.5) is 0 Å². The minimum Gasteiger partial charge on any atom is -0.419 e. The molecule has 1 aromatic heterocycles. The molecule has 6 nitrogen and oxygen atoms in total. The molecule has 2 N–H and O–H groups in total. The zero-order chi connectivity index (χ0) is 16.4. The number of carbonyl (C=O) groups excluding carboxylic acids is 1. The lowest BCUT2D eigenvalue weighted by Gasteiger charge is -2.33. The molecule has 0 unspecified atom stereocenters. The SMILES string of the molecule is C[C@@H](c1nnc(-c2cccc(Cl)c2)o1)N1CCC(C(N)=O)CC1. The summed E-state index contributed by atoms with van der Waals surface area (Å²) in [7, 11) is 0. The van der Waals surface area contributed by atoms with Crippen LogP contribution in [0.5, 0.6) is 0 Å². The van der Waals surface area contributed by atoms with Crippen LogP contribution >= 0.6 is 11.6 Å². The van der Waals surface area contributed by atoms with E-state index in [0.29, 0.717) is 16.8 Å². The van der Waals surface area contributed by atoms with Gasteiger partial charge in [-0.3, -0.25) is 9.69 Å². The molecule has 23 heavy (non-hydrogen) atoms. The number of rotatable bonds is 4. The fourth-order valence-electron chi connectivity index (χ4n) is 2.87. The highest BCUT2D eigenvalue weighted by Crippen LogP contribution is 2.28. The van der Waals surface area contributed by atoms with Crippen LogP contribution in [0.25, 0.3) is 11.5 Å². The molecule has 2 aromatic rings. The standard InChI is InChI=1S/C16H19ClN4O2/c1-10(21-7-5-11(6-8-21)14(18)22)15-19-20-16(23-15)12-3-2-4-13(17)9-12/h2-4,9-11H,5-8H2,1H3,(H2,18,22)/t10-/m0/s1. The maximum Gasteiger partial charge on any atom is 0.247 e. The van der Waals surface area contributed by atoms with Gasteiger partial charge in [0, 0.05) is 16.5 Å². The van der Waals surface area contributed by atoms with Crippen LogP contribution < -0.4 is 5.73 Å². The van der Waals surface area contributed by atoms with E-state index in [1.807, 2.05) is 19.1 Å². The van der Waals surface area contributed by atoms with Crippen molar-refractivity contribution in [2.24, 2.45) is 11.7 Å². The summed E-state index contributed by atoms with van der Waals surface area (Å²) in [5, 5.41) is 8.90. The number of aromatic nitrogens is 2. The van der Waals surface area contributed by atoms with Gasteiger partial charge in [0.15, 0.2) is 0 Å². The Bertz CT molecular complexity index is 695. The summed E-state index contributed by atoms with van der Waals surface area (Å²) in [4.78, 5) is 13.5. The molecule has 122 valence electrons. The van der Waals surface area contributed by atoms with E-state index in [1.54, 1.807) is 12.1 Å². The summed E-state index contributed by atoms with van der Waals surface area (Å²) >= 11 is 5.99. The molecule has 7 heteroatoms. The van der Waals surface area contributed by atoms with E-state index in [9.17, 15) is 4.79 Å². The van der Waals surface area contributed by atoms with Gasteiger partial charge in [-0.1, -0.05) is 17.7 Å². The third-order valence-corrected chi connectivity index (χ3v) is 4.58. The van der Waals surface area contributed by atoms with E-state index in [-0.39, 0.29) is 17.9 Å². The minimum absolute atomic E-state index is 0.00395. The van der Waals surface area contributed by atoms with Crippen molar-refractivity contribution in [3.63, 3.8) is 0 Å². The van der Waals surface area contributed by atoms with Crippen LogP contribution in [-0.4, -0.2) is 34.1 Å². The molecule has 0 spiro atoms. The average Bonchev–Trinajstić information content (AvgIpc) is 3.04. The lowest BCUT2D eigenvalue weighted by atomic mass is 9.95. The Morgan fingerprint density at radius 1 is 1.39 bits per heavy atom. The smallest absolute Gasteiger partial charge is 0.247 e. The molecule has 1 aliphatic rings. The molecule has 1 atom stereocenters. The predicted octanol–water partition coefficient (Wildman–Crippen LogP) is 2.65. The number of benzene rings is 1. The Balaban J connectivity index is 1.69. The Kier molecular flexibility index (Phi) is 4.63. The van der Waals surface area contributed by atoms with Crippen molar-refractivity contribution in [2.45, 2.75) is 25.8 Å². The first-order chi connectivity index (χ1) is 11.0. The monoisotopic (exact) mass is 334 g/mol. The van der Waals surface area contributed by atoms with Crippen LogP contribution in [0.3, 0.4) is 0 Å². The lowest BCUT2D eigenvalue weighted by Crippen LogP contribution is -2.39. The quantitative estimate of drug-likeness (QED) is 0.929. The number of nitrogens with zero attached hydrogens (tertiary/aromatic N) is 3. The molecule has 0 aliphatic carbocycles. The van der Waals surface area contributed by atoms with Gasteiger partial charge in [-0.05, 0) is 51.1 Å². The molecule has 3 rings (SSSR count). The molecule has 0 radical (unpaired) electrons. The number of piperidine rings is 1. The van der Waals surface area contributed by atoms with E-state index >= 15 is 0 Å². The zero-order valence-corrected chi connectivity index (χ0v) is 13.7. The van der Waals surface area contributed by atoms with Gasteiger partial charge in [0.1, 0.15) is 0 Å². The van der Waals surface area contributed by atoms with Crippen LogP contribution in [0.15, 0.2) is 28.7 Å². The van der Waals surface area contributed by atoms with Gasteiger partial charge in [-0.25, -0.2) is 0 Å². The molecule has 0 bridgehead atoms. The fraction of sp³-hybridized carbons (Fsp3) is 0.438. The second-order valence-electron chi connectivity index (χ2n) is 5.84. The van der Waals surface area contributed by atoms with Gasteiger partial charge in [0.05, 0.1) is 6.04 Å². The Morgan fingerprint density at radius 2 is 2.13 bits per heavy atom. The van der Waals surface area contributed by atoms with Crippen molar-refractivity contribution in [1.29, 1.82) is 0 Å². The van der Waals surface area contributed by atoms with Crippen LogP contribution in [0, 0.1) is 5.92 Å². The zero-order valence-electron chi connectivity index (χ0n) is 12.9. The summed E-state index contributed by atoms with van der Waals surface area (Å²) in [5.74, 6) is 0.792. The lowest BCUT2D eigenvalue weighted by molar-refractivity contribution is -0.123. The van der Waals surface area contributed by atoms with E-state index < -0.39 is 0 Å². The third kappa shape index (κ3) is 3.54. The number of likely N-dealkylation sites (tertiary alicyclic amines) is 1. The van der Waals surface area contributed by atoms with Crippen LogP contribution in [0.1, 0.15) is 31.7 Å². The molecular weight excluding hydrogens is 316 g/mol. The highest BCUT2D eigenvalue weighted by Gasteiger charge is 2.28. The van der Waals surface area contributed by atoms with Crippen molar-refractivity contribution in [3.05, 3.63) is 35.2 Å². The van der Waals surface area contributed by atoms with E-state index in [4.69, 9.17) is 21.8 Å². The first-order valence-corrected chi connectivity index (χ1v) is 8.05. The van der Waals surface area contributed by atoms with Crippen molar-refractivity contribution >= 4 is 17.5 Å². The summed E-state index contributed by atoms with van der Waals surface area (Å²) < 4.78 is 5.80. The van der Waals surface area contributed by atoms with Crippen LogP contribution in [0.2, 0.25) is 5.02 Å². The Hall–Kier alpha value is -1.92. The number of halogens is 1. The molecule has 1 aromatic carbocycles. The molecular formula is C16H19ClN4O2. The maximum atomic E-state index is 11.2. The maximum absolute atomic E-state index is 11.2. The second kappa shape index (κ2) is 6.68. The van der Waals surface area contributed by atoms with Crippen LogP contribution in [-0.2, 0) is 4.79 Å². The second-order valence-corrected chi connectivity index (χ2v) is 6.28. The minimum atomic E-state index is -0.210. The van der Waals surface area contributed by atoms with Crippen molar-refractivity contribution in [2.75, 3.05) is 13.1 Å². The van der Waals surface area contributed by atoms with E-state index in [0.717, 1.165) is 31.5 Å². The van der Waals surface area contributed by atoms with Crippen molar-refractivity contribution in [3.8, 4) is 11.5 Å². The third-order valence-electron chi connectivity index (χ3n) is 4.35. The molecule has 2 heterocycles. The van der Waals surface area contributed by atoms with Crippen molar-refractivity contribution in [1.82, 2.24) is 15.1 Å². The number of hydrogen-bond acceptors (Lipinski definition) is 5. The molecule has 1 saturated heterocycles. The Morgan fingerprint density at radius 3 is 2.78 bits per heavy atom. The summed E-state index contributed by atoms with van der Waals surface area (Å²) in [6.07, 6.45) is 1.55. The summed E-state index contributed by atoms with van der Waals surface area (Å²) in [5.41, 5.74) is 6.17. The topological polar surface area (TPSA) is 85.2 Å². The van der Waals surface area contributed by atoms with Gasteiger partial charge < -0.3 is 10.2 Å². The number of amides is 1. The first-order valence-electron chi connectivity index (χ1n) is 7.67. The fourth-order valence-corrected chi connectivity index (χ4v) is 3.06. The number of primary amides is 1. The number of carbonyl (C=O) groups is 1. The normalized spacial score (nSPS) is 18.0.